The summed E-state index contributed by atoms with van der Waals surface area (Å²) in [6.45, 7) is 6.96. The van der Waals surface area contributed by atoms with Crippen LogP contribution in [-0.2, 0) is 4.79 Å². The van der Waals surface area contributed by atoms with Crippen molar-refractivity contribution in [3.63, 3.8) is 0 Å². The van der Waals surface area contributed by atoms with E-state index < -0.39 is 0 Å². The van der Waals surface area contributed by atoms with Crippen LogP contribution in [0.3, 0.4) is 0 Å². The van der Waals surface area contributed by atoms with E-state index in [0.717, 1.165) is 36.1 Å². The summed E-state index contributed by atoms with van der Waals surface area (Å²) in [6, 6.07) is -0.271. The molecule has 3 aliphatic rings. The fraction of sp³-hybridized carbons (Fsp3) is 0.562. The minimum absolute atomic E-state index is 0.139. The van der Waals surface area contributed by atoms with Gasteiger partial charge in [-0.25, -0.2) is 0 Å². The number of hydrogen-bond donors (Lipinski definition) is 0. The number of carbonyl (C=O) groups excluding carboxylic acids is 1. The molecule has 2 aliphatic heterocycles. The summed E-state index contributed by atoms with van der Waals surface area (Å²) >= 11 is 0. The summed E-state index contributed by atoms with van der Waals surface area (Å²) in [6.07, 6.45) is 6.78. The van der Waals surface area contributed by atoms with E-state index in [1.54, 1.807) is 6.21 Å². The molecule has 0 radical (unpaired) electrons. The zero-order valence-corrected chi connectivity index (χ0v) is 11.9. The number of rotatable bonds is 0. The molecular weight excluding hydrogens is 236 g/mol. The van der Waals surface area contributed by atoms with Crippen molar-refractivity contribution in [2.24, 2.45) is 15.4 Å². The zero-order valence-electron chi connectivity index (χ0n) is 11.9. The van der Waals surface area contributed by atoms with Crippen LogP contribution in [0.25, 0.3) is 0 Å². The first kappa shape index (κ1) is 12.5. The number of allylic oxidation sites excluding steroid dienone is 1. The normalized spacial score (nSPS) is 29.4. The van der Waals surface area contributed by atoms with Gasteiger partial charge in [-0.15, -0.1) is 0 Å². The summed E-state index contributed by atoms with van der Waals surface area (Å²) in [4.78, 5) is 21.9. The third-order valence-electron chi connectivity index (χ3n) is 4.07. The lowest BCUT2D eigenvalue weighted by atomic mass is 9.77. The second-order valence-electron chi connectivity index (χ2n) is 6.59. The van der Waals surface area contributed by atoms with Crippen molar-refractivity contribution in [3.05, 3.63) is 22.8 Å². The first-order chi connectivity index (χ1) is 8.98. The molecule has 0 aromatic heterocycles. The van der Waals surface area contributed by atoms with Crippen LogP contribution in [0.2, 0.25) is 0 Å². The molecule has 3 heteroatoms. The highest BCUT2D eigenvalue weighted by Gasteiger charge is 2.37. The highest BCUT2D eigenvalue weighted by molar-refractivity contribution is 6.16. The van der Waals surface area contributed by atoms with E-state index in [1.807, 2.05) is 6.08 Å². The molecule has 3 rings (SSSR count). The van der Waals surface area contributed by atoms with Crippen LogP contribution >= 0.6 is 0 Å². The molecule has 1 aliphatic carbocycles. The quantitative estimate of drug-likeness (QED) is 0.657. The van der Waals surface area contributed by atoms with Crippen LogP contribution in [0.15, 0.2) is 32.8 Å². The fourth-order valence-corrected chi connectivity index (χ4v) is 3.10. The van der Waals surface area contributed by atoms with Gasteiger partial charge in [0, 0.05) is 23.1 Å². The van der Waals surface area contributed by atoms with Crippen LogP contribution in [-0.4, -0.2) is 30.3 Å². The van der Waals surface area contributed by atoms with Gasteiger partial charge in [-0.1, -0.05) is 20.8 Å². The molecule has 0 bridgehead atoms. The molecule has 0 saturated carbocycles. The average molecular weight is 256 g/mol. The Labute approximate surface area is 114 Å². The number of aliphatic imine (C=N–C) groups is 2. The molecule has 0 aromatic carbocycles. The van der Waals surface area contributed by atoms with E-state index in [1.165, 1.54) is 5.57 Å². The van der Waals surface area contributed by atoms with E-state index in [-0.39, 0.29) is 17.2 Å². The van der Waals surface area contributed by atoms with Gasteiger partial charge < -0.3 is 0 Å². The van der Waals surface area contributed by atoms with Crippen LogP contribution in [0.5, 0.6) is 0 Å². The van der Waals surface area contributed by atoms with Crippen molar-refractivity contribution in [3.8, 4) is 0 Å². The van der Waals surface area contributed by atoms with Gasteiger partial charge in [-0.05, 0) is 36.3 Å². The maximum absolute atomic E-state index is 12.8. The molecule has 0 spiro atoms. The second kappa shape index (κ2) is 4.26. The number of carbonyl (C=O) groups is 1. The van der Waals surface area contributed by atoms with Crippen LogP contribution in [0, 0.1) is 5.41 Å². The molecule has 1 atom stereocenters. The lowest BCUT2D eigenvalue weighted by Crippen LogP contribution is -2.36. The van der Waals surface area contributed by atoms with Gasteiger partial charge in [0.15, 0.2) is 5.78 Å². The van der Waals surface area contributed by atoms with Crippen molar-refractivity contribution < 1.29 is 4.79 Å². The summed E-state index contributed by atoms with van der Waals surface area (Å²) in [5.41, 5.74) is 4.31. The molecule has 0 N–H and O–H groups in total. The summed E-state index contributed by atoms with van der Waals surface area (Å²) in [7, 11) is 0. The zero-order chi connectivity index (χ0) is 13.6. The Hall–Kier alpha value is -1.51. The Bertz CT molecular complexity index is 556. The van der Waals surface area contributed by atoms with Crippen LogP contribution in [0.1, 0.15) is 40.0 Å². The van der Waals surface area contributed by atoms with E-state index in [9.17, 15) is 4.79 Å². The Morgan fingerprint density at radius 3 is 2.79 bits per heavy atom. The number of Topliss-reactive ketones (excluding diaryl/α,β-unsaturated/α-hetero) is 1. The van der Waals surface area contributed by atoms with Gasteiger partial charge in [0.05, 0.1) is 6.54 Å². The molecule has 19 heavy (non-hydrogen) atoms. The van der Waals surface area contributed by atoms with Crippen molar-refractivity contribution in [2.75, 3.05) is 6.54 Å². The van der Waals surface area contributed by atoms with E-state index >= 15 is 0 Å². The highest BCUT2D eigenvalue weighted by atomic mass is 16.1. The standard InChI is InChI=1S/C16H20N2O/c1-16(2,3)15-14(19)11-5-4-6-12-13(11)10(9-18-12)7-8-17-15/h7-8,15H,4-6,9H2,1-3H3/b10-7-,17-8?. The first-order valence-electron chi connectivity index (χ1n) is 7.02. The van der Waals surface area contributed by atoms with Gasteiger partial charge in [0.1, 0.15) is 6.04 Å². The van der Waals surface area contributed by atoms with Crippen molar-refractivity contribution in [1.82, 2.24) is 0 Å². The molecule has 0 fully saturated rings. The fourth-order valence-electron chi connectivity index (χ4n) is 3.10. The molecule has 0 saturated heterocycles. The molecule has 100 valence electrons. The lowest BCUT2D eigenvalue weighted by Gasteiger charge is -2.29. The van der Waals surface area contributed by atoms with E-state index in [0.29, 0.717) is 6.54 Å². The van der Waals surface area contributed by atoms with Gasteiger partial charge in [-0.2, -0.15) is 0 Å². The second-order valence-corrected chi connectivity index (χ2v) is 6.59. The van der Waals surface area contributed by atoms with Crippen molar-refractivity contribution in [1.29, 1.82) is 0 Å². The molecule has 3 nitrogen and oxygen atoms in total. The van der Waals surface area contributed by atoms with E-state index in [2.05, 4.69) is 30.8 Å². The maximum atomic E-state index is 12.8. The first-order valence-corrected chi connectivity index (χ1v) is 7.02. The largest absolute Gasteiger partial charge is 0.292 e. The summed E-state index contributed by atoms with van der Waals surface area (Å²) < 4.78 is 0. The summed E-state index contributed by atoms with van der Waals surface area (Å²) in [5, 5.41) is 0. The highest BCUT2D eigenvalue weighted by Crippen LogP contribution is 2.37. The SMILES string of the molecule is CC(C)(C)C1N=C/C=C2/CN=C3CCCC(=C32)C1=O. The van der Waals surface area contributed by atoms with Gasteiger partial charge in [0.2, 0.25) is 0 Å². The van der Waals surface area contributed by atoms with Gasteiger partial charge >= 0.3 is 0 Å². The maximum Gasteiger partial charge on any atom is 0.184 e. The molecule has 0 amide bonds. The van der Waals surface area contributed by atoms with Gasteiger partial charge in [-0.3, -0.25) is 14.8 Å². The Kier molecular flexibility index (Phi) is 2.80. The van der Waals surface area contributed by atoms with Crippen LogP contribution in [0.4, 0.5) is 0 Å². The Morgan fingerprint density at radius 1 is 1.26 bits per heavy atom. The molecule has 2 heterocycles. The van der Waals surface area contributed by atoms with E-state index in [4.69, 9.17) is 0 Å². The predicted molar refractivity (Wildman–Crippen MR) is 78.0 cm³/mol. The third-order valence-corrected chi connectivity index (χ3v) is 4.07. The van der Waals surface area contributed by atoms with Crippen molar-refractivity contribution in [2.45, 2.75) is 46.1 Å². The molecule has 0 aromatic rings. The minimum Gasteiger partial charge on any atom is -0.292 e. The molecular formula is C16H20N2O. The topological polar surface area (TPSA) is 41.8 Å². The van der Waals surface area contributed by atoms with Gasteiger partial charge in [0.25, 0.3) is 0 Å². The Morgan fingerprint density at radius 2 is 2.05 bits per heavy atom. The smallest absolute Gasteiger partial charge is 0.184 e. The lowest BCUT2D eigenvalue weighted by molar-refractivity contribution is -0.118. The number of hydrogen-bond acceptors (Lipinski definition) is 3. The third kappa shape index (κ3) is 2.01. The summed E-state index contributed by atoms with van der Waals surface area (Å²) in [5.74, 6) is 0.207. The van der Waals surface area contributed by atoms with Crippen LogP contribution < -0.4 is 0 Å². The Balaban J connectivity index is 2.14. The number of nitrogens with zero attached hydrogens (tertiary/aromatic N) is 2. The monoisotopic (exact) mass is 256 g/mol. The minimum atomic E-state index is -0.271. The molecule has 1 unspecified atom stereocenters. The average Bonchev–Trinajstić information content (AvgIpc) is 2.73. The number of ketones is 1. The van der Waals surface area contributed by atoms with Crippen molar-refractivity contribution >= 4 is 17.7 Å². The predicted octanol–water partition coefficient (Wildman–Crippen LogP) is 2.92.